The van der Waals surface area contributed by atoms with E-state index in [0.29, 0.717) is 48.2 Å². The fourth-order valence-electron chi connectivity index (χ4n) is 4.40. The Morgan fingerprint density at radius 1 is 1.08 bits per heavy atom. The molecule has 1 atom stereocenters. The summed E-state index contributed by atoms with van der Waals surface area (Å²) < 4.78 is 31.9. The highest BCUT2D eigenvalue weighted by Gasteiger charge is 2.40. The molecule has 0 unspecified atom stereocenters. The van der Waals surface area contributed by atoms with Crippen LogP contribution in [0.2, 0.25) is 0 Å². The summed E-state index contributed by atoms with van der Waals surface area (Å²) in [4.78, 5) is 12.1. The van der Waals surface area contributed by atoms with Crippen molar-refractivity contribution in [2.24, 2.45) is 0 Å². The quantitative estimate of drug-likeness (QED) is 0.411. The van der Waals surface area contributed by atoms with Gasteiger partial charge in [0.15, 0.2) is 20.8 Å². The minimum absolute atomic E-state index is 0.0970. The van der Waals surface area contributed by atoms with Crippen LogP contribution in [0.25, 0.3) is 11.4 Å². The van der Waals surface area contributed by atoms with Gasteiger partial charge in [-0.25, -0.2) is 18.4 Å². The third kappa shape index (κ3) is 5.52. The number of nitrogens with zero attached hydrogens (tertiary/aromatic N) is 3. The smallest absolute Gasteiger partial charge is 0.189 e. The largest absolute Gasteiger partial charge is 0.377 e. The van der Waals surface area contributed by atoms with Crippen molar-refractivity contribution in [3.05, 3.63) is 66.4 Å². The molecule has 2 heterocycles. The molecule has 8 nitrogen and oxygen atoms in total. The molecule has 1 saturated heterocycles. The SMILES string of the molecule is C[C@H]1COCCN1c1cc(C(C)(C)S(=O)(=O)c2ccccc2)nc(-c2ccc(NC(=S)NC3CC3)cc2)n1. The van der Waals surface area contributed by atoms with Gasteiger partial charge in [-0.1, -0.05) is 18.2 Å². The molecule has 1 aliphatic carbocycles. The van der Waals surface area contributed by atoms with E-state index in [-0.39, 0.29) is 10.9 Å². The number of anilines is 2. The zero-order valence-corrected chi connectivity index (χ0v) is 23.5. The number of ether oxygens (including phenoxy) is 1. The summed E-state index contributed by atoms with van der Waals surface area (Å²) in [5.74, 6) is 1.16. The molecule has 2 N–H and O–H groups in total. The minimum Gasteiger partial charge on any atom is -0.377 e. The third-order valence-electron chi connectivity index (χ3n) is 7.03. The predicted molar refractivity (Wildman–Crippen MR) is 154 cm³/mol. The summed E-state index contributed by atoms with van der Waals surface area (Å²) in [6, 6.07) is 18.6. The van der Waals surface area contributed by atoms with E-state index in [1.165, 1.54) is 0 Å². The van der Waals surface area contributed by atoms with E-state index in [1.54, 1.807) is 44.2 Å². The molecule has 0 amide bonds. The van der Waals surface area contributed by atoms with Crippen molar-refractivity contribution in [2.75, 3.05) is 30.0 Å². The van der Waals surface area contributed by atoms with Crippen molar-refractivity contribution < 1.29 is 13.2 Å². The summed E-state index contributed by atoms with van der Waals surface area (Å²) in [7, 11) is -3.74. The first-order valence-corrected chi connectivity index (χ1v) is 14.8. The van der Waals surface area contributed by atoms with Gasteiger partial charge in [0.25, 0.3) is 0 Å². The Morgan fingerprint density at radius 2 is 1.79 bits per heavy atom. The number of hydrogen-bond donors (Lipinski definition) is 2. The zero-order valence-electron chi connectivity index (χ0n) is 21.8. The van der Waals surface area contributed by atoms with E-state index in [2.05, 4.69) is 22.5 Å². The monoisotopic (exact) mass is 551 g/mol. The molecular weight excluding hydrogens is 518 g/mol. The highest BCUT2D eigenvalue weighted by molar-refractivity contribution is 7.92. The average molecular weight is 552 g/mol. The first-order chi connectivity index (χ1) is 18.1. The topological polar surface area (TPSA) is 96.5 Å². The van der Waals surface area contributed by atoms with E-state index in [1.807, 2.05) is 30.3 Å². The maximum atomic E-state index is 13.8. The van der Waals surface area contributed by atoms with Crippen molar-refractivity contribution >= 4 is 38.7 Å². The molecule has 2 aliphatic rings. The molecule has 200 valence electrons. The van der Waals surface area contributed by atoms with E-state index in [4.69, 9.17) is 26.9 Å². The van der Waals surface area contributed by atoms with Gasteiger partial charge in [-0.15, -0.1) is 0 Å². The van der Waals surface area contributed by atoms with Crippen LogP contribution in [0.15, 0.2) is 65.6 Å². The second-order valence-corrected chi connectivity index (χ2v) is 13.2. The number of benzene rings is 2. The lowest BCUT2D eigenvalue weighted by Gasteiger charge is -2.35. The second kappa shape index (κ2) is 10.6. The third-order valence-corrected chi connectivity index (χ3v) is 9.70. The Kier molecular flexibility index (Phi) is 7.39. The van der Waals surface area contributed by atoms with Crippen LogP contribution >= 0.6 is 12.2 Å². The number of aromatic nitrogens is 2. The highest BCUT2D eigenvalue weighted by atomic mass is 32.2. The van der Waals surface area contributed by atoms with Gasteiger partial charge in [0.2, 0.25) is 0 Å². The van der Waals surface area contributed by atoms with Gasteiger partial charge in [0.1, 0.15) is 10.6 Å². The molecule has 2 aromatic carbocycles. The van der Waals surface area contributed by atoms with E-state index in [0.717, 1.165) is 24.1 Å². The van der Waals surface area contributed by atoms with Gasteiger partial charge < -0.3 is 20.3 Å². The molecule has 38 heavy (non-hydrogen) atoms. The van der Waals surface area contributed by atoms with Crippen molar-refractivity contribution in [3.63, 3.8) is 0 Å². The number of sulfone groups is 1. The average Bonchev–Trinajstić information content (AvgIpc) is 3.73. The molecule has 2 fully saturated rings. The fourth-order valence-corrected chi connectivity index (χ4v) is 6.17. The van der Waals surface area contributed by atoms with Gasteiger partial charge >= 0.3 is 0 Å². The van der Waals surface area contributed by atoms with E-state index >= 15 is 0 Å². The maximum Gasteiger partial charge on any atom is 0.189 e. The maximum absolute atomic E-state index is 13.8. The molecular formula is C28H33N5O3S2. The summed E-state index contributed by atoms with van der Waals surface area (Å²) in [6.45, 7) is 7.31. The van der Waals surface area contributed by atoms with Crippen LogP contribution in [-0.4, -0.2) is 55.3 Å². The van der Waals surface area contributed by atoms with Gasteiger partial charge in [0, 0.05) is 29.9 Å². The van der Waals surface area contributed by atoms with Crippen LogP contribution in [0.3, 0.4) is 0 Å². The van der Waals surface area contributed by atoms with Crippen molar-refractivity contribution in [2.45, 2.75) is 55.3 Å². The molecule has 1 aliphatic heterocycles. The van der Waals surface area contributed by atoms with Crippen molar-refractivity contribution in [1.82, 2.24) is 15.3 Å². The summed E-state index contributed by atoms with van der Waals surface area (Å²) in [6.07, 6.45) is 2.30. The summed E-state index contributed by atoms with van der Waals surface area (Å²) in [5, 5.41) is 7.09. The van der Waals surface area contributed by atoms with Crippen LogP contribution < -0.4 is 15.5 Å². The second-order valence-electron chi connectivity index (χ2n) is 10.3. The zero-order chi connectivity index (χ0) is 26.9. The lowest BCUT2D eigenvalue weighted by Crippen LogP contribution is -2.44. The first kappa shape index (κ1) is 26.5. The van der Waals surface area contributed by atoms with Crippen LogP contribution in [0.1, 0.15) is 39.3 Å². The molecule has 10 heteroatoms. The predicted octanol–water partition coefficient (Wildman–Crippen LogP) is 4.53. The molecule has 0 spiro atoms. The van der Waals surface area contributed by atoms with Gasteiger partial charge in [-0.2, -0.15) is 0 Å². The number of nitrogens with one attached hydrogen (secondary N) is 2. The summed E-state index contributed by atoms with van der Waals surface area (Å²) >= 11 is 5.39. The number of rotatable bonds is 7. The van der Waals surface area contributed by atoms with Gasteiger partial charge in [-0.3, -0.25) is 0 Å². The standard InChI is InChI=1S/C28H33N5O3S2/c1-19-18-36-16-15-33(19)25-17-24(28(2,3)38(34,35)23-7-5-4-6-8-23)31-26(32-25)20-9-11-21(12-10-20)29-27(37)30-22-13-14-22/h4-12,17,19,22H,13-16,18H2,1-3H3,(H2,29,30,37)/t19-/m0/s1. The molecule has 5 rings (SSSR count). The Bertz CT molecular complexity index is 1410. The van der Waals surface area contributed by atoms with Crippen LogP contribution in [-0.2, 0) is 19.3 Å². The van der Waals surface area contributed by atoms with E-state index < -0.39 is 14.6 Å². The number of morpholine rings is 1. The molecule has 1 saturated carbocycles. The Balaban J connectivity index is 1.52. The molecule has 1 aromatic heterocycles. The molecule has 3 aromatic rings. The van der Waals surface area contributed by atoms with Gasteiger partial charge in [0.05, 0.1) is 29.8 Å². The lowest BCUT2D eigenvalue weighted by atomic mass is 10.1. The van der Waals surface area contributed by atoms with Crippen molar-refractivity contribution in [3.8, 4) is 11.4 Å². The van der Waals surface area contributed by atoms with Crippen molar-refractivity contribution in [1.29, 1.82) is 0 Å². The lowest BCUT2D eigenvalue weighted by molar-refractivity contribution is 0.0985. The van der Waals surface area contributed by atoms with Crippen LogP contribution in [0, 0.1) is 0 Å². The fraction of sp³-hybridized carbons (Fsp3) is 0.393. The number of thiocarbonyl (C=S) groups is 1. The van der Waals surface area contributed by atoms with Crippen LogP contribution in [0.5, 0.6) is 0 Å². The highest BCUT2D eigenvalue weighted by Crippen LogP contribution is 2.36. The number of hydrogen-bond acceptors (Lipinski definition) is 7. The Hall–Kier alpha value is -3.08. The van der Waals surface area contributed by atoms with Crippen LogP contribution in [0.4, 0.5) is 11.5 Å². The Labute approximate surface area is 229 Å². The Morgan fingerprint density at radius 3 is 2.45 bits per heavy atom. The summed E-state index contributed by atoms with van der Waals surface area (Å²) in [5.41, 5.74) is 2.09. The minimum atomic E-state index is -3.74. The van der Waals surface area contributed by atoms with Gasteiger partial charge in [-0.05, 0) is 82.2 Å². The molecule has 0 radical (unpaired) electrons. The normalized spacial score (nSPS) is 18.2. The molecule has 0 bridgehead atoms. The van der Waals surface area contributed by atoms with E-state index in [9.17, 15) is 8.42 Å². The first-order valence-electron chi connectivity index (χ1n) is 12.9.